The molecule has 0 bridgehead atoms. The van der Waals surface area contributed by atoms with E-state index in [9.17, 15) is 5.11 Å². The van der Waals surface area contributed by atoms with E-state index in [1.54, 1.807) is 27.7 Å². The summed E-state index contributed by atoms with van der Waals surface area (Å²) in [6.45, 7) is 10.7. The van der Waals surface area contributed by atoms with E-state index in [0.29, 0.717) is 0 Å². The highest BCUT2D eigenvalue weighted by molar-refractivity contribution is 5.02. The third-order valence-electron chi connectivity index (χ3n) is 2.36. The van der Waals surface area contributed by atoms with E-state index in [-0.39, 0.29) is 6.10 Å². The summed E-state index contributed by atoms with van der Waals surface area (Å²) < 4.78 is 0. The van der Waals surface area contributed by atoms with Crippen LogP contribution in [-0.4, -0.2) is 22.4 Å². The molecule has 1 N–H and O–H groups in total. The molecule has 0 aromatic heterocycles. The van der Waals surface area contributed by atoms with Gasteiger partial charge in [-0.05, 0) is 34.6 Å². The van der Waals surface area contributed by atoms with Gasteiger partial charge in [-0.1, -0.05) is 12.8 Å². The van der Waals surface area contributed by atoms with Gasteiger partial charge in [0.05, 0.1) is 5.60 Å². The maximum atomic E-state index is 9.79. The molecule has 0 aromatic carbocycles. The van der Waals surface area contributed by atoms with Crippen molar-refractivity contribution in [2.75, 3.05) is 0 Å². The Balaban J connectivity index is 4.16. The van der Waals surface area contributed by atoms with Gasteiger partial charge in [-0.2, -0.15) is 0 Å². The molecule has 0 fully saturated rings. The fourth-order valence-corrected chi connectivity index (χ4v) is 0.564. The first-order valence-electron chi connectivity index (χ1n) is 5.26. The second-order valence-electron chi connectivity index (χ2n) is 4.57. The Morgan fingerprint density at radius 1 is 1.27 bits per heavy atom. The zero-order chi connectivity index (χ0) is 12.1. The summed E-state index contributed by atoms with van der Waals surface area (Å²) in [5, 5.41) is 9.79. The standard InChI is InChI=1S/C12H22O3/c1-7-8-9-10(2)14-15-12(5,6)11(3,4)13/h10,13H,7H2,1-6H3. The molecule has 0 aliphatic heterocycles. The van der Waals surface area contributed by atoms with Crippen LogP contribution in [0.4, 0.5) is 0 Å². The van der Waals surface area contributed by atoms with Crippen molar-refractivity contribution in [3.63, 3.8) is 0 Å². The number of hydrogen-bond acceptors (Lipinski definition) is 3. The highest BCUT2D eigenvalue weighted by Gasteiger charge is 2.37. The minimum absolute atomic E-state index is 0.286. The predicted octanol–water partition coefficient (Wildman–Crippen LogP) is 2.29. The van der Waals surface area contributed by atoms with Crippen molar-refractivity contribution >= 4 is 0 Å². The molecule has 3 nitrogen and oxygen atoms in total. The van der Waals surface area contributed by atoms with Crippen LogP contribution in [0.15, 0.2) is 0 Å². The van der Waals surface area contributed by atoms with Crippen LogP contribution in [0.2, 0.25) is 0 Å². The van der Waals surface area contributed by atoms with Crippen molar-refractivity contribution in [3.05, 3.63) is 0 Å². The second-order valence-corrected chi connectivity index (χ2v) is 4.57. The van der Waals surface area contributed by atoms with Gasteiger partial charge in [-0.3, -0.25) is 0 Å². The molecule has 1 atom stereocenters. The molecule has 0 heterocycles. The first-order valence-corrected chi connectivity index (χ1v) is 5.26. The maximum absolute atomic E-state index is 9.79. The Hall–Kier alpha value is -0.560. The molecule has 0 saturated carbocycles. The van der Waals surface area contributed by atoms with E-state index >= 15 is 0 Å². The monoisotopic (exact) mass is 214 g/mol. The fourth-order valence-electron chi connectivity index (χ4n) is 0.564. The number of hydrogen-bond donors (Lipinski definition) is 1. The third-order valence-corrected chi connectivity index (χ3v) is 2.36. The van der Waals surface area contributed by atoms with Gasteiger partial charge in [0.1, 0.15) is 5.60 Å². The minimum atomic E-state index is -0.967. The molecular weight excluding hydrogens is 192 g/mol. The Morgan fingerprint density at radius 2 is 1.80 bits per heavy atom. The second kappa shape index (κ2) is 5.50. The van der Waals surface area contributed by atoms with E-state index in [1.807, 2.05) is 13.8 Å². The van der Waals surface area contributed by atoms with Crippen molar-refractivity contribution in [3.8, 4) is 11.8 Å². The lowest BCUT2D eigenvalue weighted by atomic mass is 9.90. The van der Waals surface area contributed by atoms with E-state index < -0.39 is 11.2 Å². The summed E-state index contributed by atoms with van der Waals surface area (Å²) >= 11 is 0. The van der Waals surface area contributed by atoms with E-state index in [0.717, 1.165) is 6.42 Å². The predicted molar refractivity (Wildman–Crippen MR) is 60.1 cm³/mol. The molecule has 1 unspecified atom stereocenters. The van der Waals surface area contributed by atoms with Crippen LogP contribution >= 0.6 is 0 Å². The van der Waals surface area contributed by atoms with Crippen LogP contribution in [0.3, 0.4) is 0 Å². The molecule has 0 aliphatic rings. The van der Waals surface area contributed by atoms with Crippen molar-refractivity contribution in [2.24, 2.45) is 0 Å². The van der Waals surface area contributed by atoms with Crippen LogP contribution in [0.25, 0.3) is 0 Å². The molecule has 0 radical (unpaired) electrons. The summed E-state index contributed by atoms with van der Waals surface area (Å²) in [4.78, 5) is 10.3. The van der Waals surface area contributed by atoms with E-state index in [2.05, 4.69) is 11.8 Å². The summed E-state index contributed by atoms with van der Waals surface area (Å²) in [6.07, 6.45) is 0.509. The molecular formula is C12H22O3. The lowest BCUT2D eigenvalue weighted by molar-refractivity contribution is -0.391. The van der Waals surface area contributed by atoms with Crippen LogP contribution in [0.5, 0.6) is 0 Å². The van der Waals surface area contributed by atoms with E-state index in [4.69, 9.17) is 9.78 Å². The van der Waals surface area contributed by atoms with Crippen molar-refractivity contribution in [1.82, 2.24) is 0 Å². The van der Waals surface area contributed by atoms with Gasteiger partial charge in [0.25, 0.3) is 0 Å². The van der Waals surface area contributed by atoms with E-state index in [1.165, 1.54) is 0 Å². The molecule has 3 heteroatoms. The lowest BCUT2D eigenvalue weighted by Gasteiger charge is -2.35. The number of rotatable bonds is 4. The fraction of sp³-hybridized carbons (Fsp3) is 0.833. The van der Waals surface area contributed by atoms with Crippen LogP contribution in [0, 0.1) is 11.8 Å². The Kier molecular flexibility index (Phi) is 5.30. The molecule has 0 rings (SSSR count). The topological polar surface area (TPSA) is 38.7 Å². The van der Waals surface area contributed by atoms with Crippen LogP contribution in [0.1, 0.15) is 48.0 Å². The average molecular weight is 214 g/mol. The first-order chi connectivity index (χ1) is 6.70. The molecule has 88 valence electrons. The molecule has 0 spiro atoms. The zero-order valence-corrected chi connectivity index (χ0v) is 10.5. The van der Waals surface area contributed by atoms with Gasteiger partial charge in [0.2, 0.25) is 0 Å². The third kappa shape index (κ3) is 5.17. The first kappa shape index (κ1) is 14.4. The molecule has 15 heavy (non-hydrogen) atoms. The highest BCUT2D eigenvalue weighted by atomic mass is 17.2. The van der Waals surface area contributed by atoms with Gasteiger partial charge in [0.15, 0.2) is 6.10 Å². The van der Waals surface area contributed by atoms with Gasteiger partial charge in [0, 0.05) is 6.42 Å². The normalized spacial score (nSPS) is 14.3. The van der Waals surface area contributed by atoms with Gasteiger partial charge < -0.3 is 5.11 Å². The average Bonchev–Trinajstić information content (AvgIpc) is 2.09. The molecule has 0 aliphatic carbocycles. The van der Waals surface area contributed by atoms with Crippen LogP contribution < -0.4 is 0 Å². The summed E-state index contributed by atoms with van der Waals surface area (Å²) in [5.74, 6) is 5.78. The Labute approximate surface area is 92.7 Å². The molecule has 0 aromatic rings. The highest BCUT2D eigenvalue weighted by Crippen LogP contribution is 2.25. The van der Waals surface area contributed by atoms with Gasteiger partial charge in [-0.25, -0.2) is 9.78 Å². The van der Waals surface area contributed by atoms with Crippen molar-refractivity contribution in [1.29, 1.82) is 0 Å². The summed E-state index contributed by atoms with van der Waals surface area (Å²) in [5.41, 5.74) is -1.74. The molecule has 0 amide bonds. The summed E-state index contributed by atoms with van der Waals surface area (Å²) in [7, 11) is 0. The number of aliphatic hydroxyl groups is 1. The lowest BCUT2D eigenvalue weighted by Crippen LogP contribution is -2.47. The van der Waals surface area contributed by atoms with Gasteiger partial charge >= 0.3 is 0 Å². The maximum Gasteiger partial charge on any atom is 0.150 e. The van der Waals surface area contributed by atoms with Gasteiger partial charge in [-0.15, -0.1) is 5.92 Å². The van der Waals surface area contributed by atoms with Crippen molar-refractivity contribution in [2.45, 2.75) is 65.3 Å². The molecule has 0 saturated heterocycles. The Morgan fingerprint density at radius 3 is 2.20 bits per heavy atom. The largest absolute Gasteiger partial charge is 0.387 e. The Bertz CT molecular complexity index is 240. The minimum Gasteiger partial charge on any atom is -0.387 e. The quantitative estimate of drug-likeness (QED) is 0.443. The van der Waals surface area contributed by atoms with Crippen molar-refractivity contribution < 1.29 is 14.9 Å². The van der Waals surface area contributed by atoms with Crippen LogP contribution in [-0.2, 0) is 9.78 Å². The smallest absolute Gasteiger partial charge is 0.150 e. The SMILES string of the molecule is CCC#CC(C)OOC(C)(C)C(C)(C)O. The zero-order valence-electron chi connectivity index (χ0n) is 10.5. The summed E-state index contributed by atoms with van der Waals surface area (Å²) in [6, 6.07) is 0.